The minimum atomic E-state index is -1.99. The van der Waals surface area contributed by atoms with Gasteiger partial charge in [0.2, 0.25) is 0 Å². The van der Waals surface area contributed by atoms with Crippen LogP contribution in [0.3, 0.4) is 0 Å². The number of Topliss-reactive ketones (excluding diaryl/α,β-unsaturated/α-hetero) is 1. The molecule has 0 spiro atoms. The molecule has 65 heavy (non-hydrogen) atoms. The number of aliphatic carboxylic acids is 3. The lowest BCUT2D eigenvalue weighted by Gasteiger charge is -2.49. The van der Waals surface area contributed by atoms with Gasteiger partial charge in [-0.05, 0) is 74.9 Å². The van der Waals surface area contributed by atoms with E-state index in [-0.39, 0.29) is 37.8 Å². The van der Waals surface area contributed by atoms with Crippen LogP contribution in [0.15, 0.2) is 0 Å². The molecule has 3 fully saturated rings. The molecule has 1 unspecified atom stereocenters. The third-order valence-electron chi connectivity index (χ3n) is 12.8. The number of esters is 1. The van der Waals surface area contributed by atoms with Crippen molar-refractivity contribution in [2.24, 2.45) is 23.7 Å². The standard InChI is InChI=1S/C37H67NO13.C4H6O4S.C3H6O2/c1-14-25-37(10,45)30(41)20(4)27(39)18(2)16-35(8,44)32(51-34-28(40)24(38(11)12)15-19(3)47-34)21(5)29(22(6)33(43)49-25)50-26-17-36(9,46-13)31(42)23(7)48-26;5-3(6)1-2(9)4(7)8;1-2-3(4)5/h18-26,28-32,34,40-42,44-45H,14-17H2,1-13H3;2,9H,1H2,(H,5,6)(H,7,8);2H2,1H3,(H,4,5)/t18-,19-,20+,21+,22-,23+,24+,25-,26-,28-,29+,30-,31+,32-,34+,35-,36-,37+;;/m1../s1. The van der Waals surface area contributed by atoms with Gasteiger partial charge in [-0.3, -0.25) is 24.0 Å². The van der Waals surface area contributed by atoms with E-state index in [4.69, 9.17) is 43.7 Å². The molecular weight excluding hydrogens is 879 g/mol. The number of carboxylic acids is 3. The largest absolute Gasteiger partial charge is 0.481 e. The quantitative estimate of drug-likeness (QED) is 0.106. The van der Waals surface area contributed by atoms with E-state index in [0.29, 0.717) is 6.42 Å². The Balaban J connectivity index is 0.00000130. The maximum atomic E-state index is 14.1. The van der Waals surface area contributed by atoms with Crippen molar-refractivity contribution in [3.8, 4) is 0 Å². The van der Waals surface area contributed by atoms with Crippen LogP contribution in [0.2, 0.25) is 0 Å². The van der Waals surface area contributed by atoms with Crippen LogP contribution in [0.4, 0.5) is 0 Å². The van der Waals surface area contributed by atoms with E-state index < -0.39 is 137 Å². The number of methoxy groups -OCH3 is 1. The second kappa shape index (κ2) is 25.7. The lowest BCUT2D eigenvalue weighted by molar-refractivity contribution is -0.318. The van der Waals surface area contributed by atoms with Crippen LogP contribution in [-0.2, 0) is 52.4 Å². The van der Waals surface area contributed by atoms with Crippen LogP contribution in [-0.4, -0.2) is 186 Å². The van der Waals surface area contributed by atoms with Crippen LogP contribution in [0, 0.1) is 23.7 Å². The van der Waals surface area contributed by atoms with Crippen LogP contribution in [0.5, 0.6) is 0 Å². The summed E-state index contributed by atoms with van der Waals surface area (Å²) in [6.45, 7) is 17.9. The highest BCUT2D eigenvalue weighted by Crippen LogP contribution is 2.41. The number of thiol groups is 1. The highest BCUT2D eigenvalue weighted by molar-refractivity contribution is 7.81. The summed E-state index contributed by atoms with van der Waals surface area (Å²) in [7, 11) is 5.18. The smallest absolute Gasteiger partial charge is 0.316 e. The summed E-state index contributed by atoms with van der Waals surface area (Å²) in [6, 6.07) is -0.324. The Morgan fingerprint density at radius 3 is 1.86 bits per heavy atom. The number of rotatable bonds is 11. The van der Waals surface area contributed by atoms with E-state index in [9.17, 15) is 49.5 Å². The number of carboxylic acid groups (broad SMARTS) is 3. The van der Waals surface area contributed by atoms with Gasteiger partial charge in [-0.25, -0.2) is 0 Å². The van der Waals surface area contributed by atoms with Crippen molar-refractivity contribution in [1.82, 2.24) is 4.90 Å². The molecule has 0 amide bonds. The molecule has 0 aromatic carbocycles. The topological polar surface area (TPSA) is 306 Å². The number of likely N-dealkylation sites (N-methyl/N-ethyl adjacent to an activating group) is 1. The number of carbonyl (C=O) groups excluding carboxylic acids is 2. The Bertz CT molecular complexity index is 1550. The summed E-state index contributed by atoms with van der Waals surface area (Å²) < 4.78 is 37.1. The number of nitrogens with zero attached hydrogens (tertiary/aromatic N) is 1. The molecule has 21 heteroatoms. The molecule has 0 bridgehead atoms. The third kappa shape index (κ3) is 16.6. The summed E-state index contributed by atoms with van der Waals surface area (Å²) >= 11 is 3.48. The maximum absolute atomic E-state index is 14.1. The summed E-state index contributed by atoms with van der Waals surface area (Å²) in [6.07, 6.45) is -9.93. The molecule has 0 radical (unpaired) electrons. The fourth-order valence-corrected chi connectivity index (χ4v) is 8.82. The van der Waals surface area contributed by atoms with Crippen molar-refractivity contribution >= 4 is 42.3 Å². The molecular formula is C44H79NO19S. The molecule has 8 N–H and O–H groups in total. The number of aliphatic hydroxyl groups is 5. The van der Waals surface area contributed by atoms with E-state index >= 15 is 0 Å². The highest BCUT2D eigenvalue weighted by atomic mass is 32.1. The van der Waals surface area contributed by atoms with E-state index in [0.717, 1.165) is 0 Å². The van der Waals surface area contributed by atoms with Crippen LogP contribution >= 0.6 is 12.6 Å². The Morgan fingerprint density at radius 2 is 1.42 bits per heavy atom. The molecule has 0 aromatic rings. The third-order valence-corrected chi connectivity index (χ3v) is 13.2. The molecule has 380 valence electrons. The van der Waals surface area contributed by atoms with Crippen LogP contribution in [0.25, 0.3) is 0 Å². The predicted molar refractivity (Wildman–Crippen MR) is 237 cm³/mol. The van der Waals surface area contributed by atoms with Crippen LogP contribution < -0.4 is 0 Å². The second-order valence-electron chi connectivity index (χ2n) is 18.7. The molecule has 20 nitrogen and oxygen atoms in total. The van der Waals surface area contributed by atoms with Gasteiger partial charge in [-0.1, -0.05) is 34.6 Å². The first-order valence-electron chi connectivity index (χ1n) is 22.1. The molecule has 0 saturated carbocycles. The van der Waals surface area contributed by atoms with Gasteiger partial charge >= 0.3 is 23.9 Å². The summed E-state index contributed by atoms with van der Waals surface area (Å²) in [5.74, 6) is -8.08. The first kappa shape index (κ1) is 60.5. The number of cyclic esters (lactones) is 1. The number of hydrogen-bond acceptors (Lipinski definition) is 18. The highest BCUT2D eigenvalue weighted by Gasteiger charge is 2.53. The Kier molecular flexibility index (Phi) is 23.9. The fraction of sp³-hybridized carbons (Fsp3) is 0.886. The SMILES string of the molecule is CCC(=O)O.CC[C@H]1OC(=O)[C@H](C)[C@@H](O[C@@H]2C[C@@](C)(OC)[C@@H](O)[C@H](C)O2)[C@H](C)[C@@H](O[C@@H]2O[C@H](C)C[C@H](N(C)C)[C@H]2O)[C@](C)(O)C[C@@H](C)C(=O)[C@H](C)[C@@H](O)[C@@]1(C)O.O=C(O)CC(S)C(=O)O. The van der Waals surface area contributed by atoms with Gasteiger partial charge in [0.25, 0.3) is 0 Å². The average molecular weight is 958 g/mol. The lowest BCUT2D eigenvalue weighted by Crippen LogP contribution is -2.61. The Labute approximate surface area is 388 Å². The monoisotopic (exact) mass is 957 g/mol. The van der Waals surface area contributed by atoms with Crippen molar-refractivity contribution in [2.45, 2.75) is 204 Å². The van der Waals surface area contributed by atoms with E-state index in [2.05, 4.69) is 12.6 Å². The minimum absolute atomic E-state index is 0.0936. The first-order chi connectivity index (χ1) is 29.7. The van der Waals surface area contributed by atoms with Crippen molar-refractivity contribution in [3.63, 3.8) is 0 Å². The van der Waals surface area contributed by atoms with E-state index in [1.807, 2.05) is 25.9 Å². The Hall–Kier alpha value is -2.54. The molecule has 3 heterocycles. The number of hydrogen-bond donors (Lipinski definition) is 9. The van der Waals surface area contributed by atoms with Crippen LogP contribution in [0.1, 0.15) is 115 Å². The van der Waals surface area contributed by atoms with Gasteiger partial charge in [0, 0.05) is 43.7 Å². The molecule has 19 atom stereocenters. The van der Waals surface area contributed by atoms with Crippen molar-refractivity contribution in [2.75, 3.05) is 21.2 Å². The summed E-state index contributed by atoms with van der Waals surface area (Å²) in [5.41, 5.74) is -4.84. The van der Waals surface area contributed by atoms with Crippen molar-refractivity contribution < 1.29 is 93.2 Å². The first-order valence-corrected chi connectivity index (χ1v) is 22.7. The van der Waals surface area contributed by atoms with Crippen molar-refractivity contribution in [1.29, 1.82) is 0 Å². The van der Waals surface area contributed by atoms with Gasteiger partial charge in [-0.2, -0.15) is 12.6 Å². The van der Waals surface area contributed by atoms with Gasteiger partial charge < -0.3 is 74.2 Å². The zero-order valence-electron chi connectivity index (χ0n) is 40.4. The summed E-state index contributed by atoms with van der Waals surface area (Å²) in [5, 5.41) is 80.3. The molecule has 0 aromatic heterocycles. The summed E-state index contributed by atoms with van der Waals surface area (Å²) in [4.78, 5) is 58.8. The number of carbonyl (C=O) groups is 5. The zero-order chi connectivity index (χ0) is 50.7. The van der Waals surface area contributed by atoms with Gasteiger partial charge in [0.05, 0.1) is 54.1 Å². The van der Waals surface area contributed by atoms with Gasteiger partial charge in [0.15, 0.2) is 12.6 Å². The molecule has 3 aliphatic heterocycles. The molecule has 0 aliphatic carbocycles. The molecule has 3 rings (SSSR count). The number of ether oxygens (including phenoxy) is 6. The Morgan fingerprint density at radius 1 is 0.862 bits per heavy atom. The molecule has 3 saturated heterocycles. The van der Waals surface area contributed by atoms with Crippen molar-refractivity contribution in [3.05, 3.63) is 0 Å². The fourth-order valence-electron chi connectivity index (χ4n) is 8.66. The number of aliphatic hydroxyl groups excluding tert-OH is 3. The number of ketones is 1. The van der Waals surface area contributed by atoms with Gasteiger partial charge in [0.1, 0.15) is 34.9 Å². The molecule has 3 aliphatic rings. The minimum Gasteiger partial charge on any atom is -0.481 e. The van der Waals surface area contributed by atoms with Gasteiger partial charge in [-0.15, -0.1) is 0 Å². The van der Waals surface area contributed by atoms with E-state index in [1.165, 1.54) is 27.9 Å². The zero-order valence-corrected chi connectivity index (χ0v) is 41.3. The normalized spacial score (nSPS) is 41.3. The average Bonchev–Trinajstić information content (AvgIpc) is 3.21. The van der Waals surface area contributed by atoms with E-state index in [1.54, 1.807) is 48.5 Å². The predicted octanol–water partition coefficient (Wildman–Crippen LogP) is 2.11. The maximum Gasteiger partial charge on any atom is 0.316 e. The second-order valence-corrected chi connectivity index (χ2v) is 19.3. The lowest BCUT2D eigenvalue weighted by atomic mass is 9.74.